The molecule has 0 saturated carbocycles. The first-order chi connectivity index (χ1) is 12.5. The lowest BCUT2D eigenvalue weighted by Gasteiger charge is -2.26. The van der Waals surface area contributed by atoms with E-state index in [1.807, 2.05) is 6.07 Å². The van der Waals surface area contributed by atoms with Gasteiger partial charge in [-0.25, -0.2) is 14.4 Å². The number of fused-ring (bicyclic) bond motifs is 1. The number of hydrogen-bond donors (Lipinski definition) is 4. The van der Waals surface area contributed by atoms with Crippen molar-refractivity contribution in [1.29, 1.82) is 10.5 Å². The Kier molecular flexibility index (Phi) is 4.17. The average molecular weight is 352 g/mol. The molecule has 0 bridgehead atoms. The Morgan fingerprint density at radius 1 is 1.35 bits per heavy atom. The van der Waals surface area contributed by atoms with Crippen molar-refractivity contribution in [3.8, 4) is 18.0 Å². The van der Waals surface area contributed by atoms with Gasteiger partial charge in [-0.1, -0.05) is 6.07 Å². The summed E-state index contributed by atoms with van der Waals surface area (Å²) in [4.78, 5) is 8.52. The van der Waals surface area contributed by atoms with Crippen LogP contribution in [-0.2, 0) is 0 Å². The molecule has 0 saturated heterocycles. The number of ether oxygens (including phenoxy) is 1. The molecule has 6 N–H and O–H groups in total. The highest BCUT2D eigenvalue weighted by Gasteiger charge is 2.30. The molecule has 1 aliphatic heterocycles. The number of nitrogens with zero attached hydrogens (tertiary/aromatic N) is 4. The smallest absolute Gasteiger partial charge is 0.211 e. The molecule has 1 unspecified atom stereocenters. The molecule has 1 aromatic carbocycles. The Hall–Kier alpha value is -4.05. The fourth-order valence-corrected chi connectivity index (χ4v) is 2.67. The van der Waals surface area contributed by atoms with E-state index in [-0.39, 0.29) is 34.6 Å². The number of aliphatic imine (C=N–C) groups is 1. The summed E-state index contributed by atoms with van der Waals surface area (Å²) in [6.07, 6.45) is 1.75. The molecule has 2 aromatic rings. The minimum atomic E-state index is -0.753. The SMILES string of the molecule is COc1cc(C2N=C(NC#N)Nc3nc(N)c(C#N)c(N)c32)ccc1F. The maximum Gasteiger partial charge on any atom is 0.211 e. The molecular formula is C16H13FN8O. The van der Waals surface area contributed by atoms with Gasteiger partial charge in [-0.15, -0.1) is 0 Å². The summed E-state index contributed by atoms with van der Waals surface area (Å²) in [5.74, 6) is -0.199. The number of hydrogen-bond acceptors (Lipinski definition) is 9. The molecule has 1 atom stereocenters. The third-order valence-corrected chi connectivity index (χ3v) is 3.85. The summed E-state index contributed by atoms with van der Waals surface area (Å²) in [6, 6.07) is 5.36. The first-order valence-corrected chi connectivity index (χ1v) is 7.32. The van der Waals surface area contributed by atoms with E-state index >= 15 is 0 Å². The zero-order valence-electron chi connectivity index (χ0n) is 13.5. The average Bonchev–Trinajstić information content (AvgIpc) is 2.62. The highest BCUT2D eigenvalue weighted by atomic mass is 19.1. The van der Waals surface area contributed by atoms with Crippen molar-refractivity contribution < 1.29 is 9.13 Å². The fourth-order valence-electron chi connectivity index (χ4n) is 2.67. The highest BCUT2D eigenvalue weighted by Crippen LogP contribution is 2.41. The molecule has 9 nitrogen and oxygen atoms in total. The summed E-state index contributed by atoms with van der Waals surface area (Å²) in [5, 5.41) is 23.3. The molecule has 0 spiro atoms. The Labute approximate surface area is 147 Å². The summed E-state index contributed by atoms with van der Waals surface area (Å²) < 4.78 is 18.8. The van der Waals surface area contributed by atoms with E-state index < -0.39 is 11.9 Å². The molecule has 0 radical (unpaired) electrons. The molecule has 0 amide bonds. The number of rotatable bonds is 2. The van der Waals surface area contributed by atoms with Crippen LogP contribution in [0.15, 0.2) is 23.2 Å². The lowest BCUT2D eigenvalue weighted by Crippen LogP contribution is -2.32. The second-order valence-corrected chi connectivity index (χ2v) is 5.30. The second kappa shape index (κ2) is 6.45. The Morgan fingerprint density at radius 2 is 2.12 bits per heavy atom. The van der Waals surface area contributed by atoms with Gasteiger partial charge >= 0.3 is 0 Å². The van der Waals surface area contributed by atoms with Gasteiger partial charge in [0.25, 0.3) is 0 Å². The number of nitrogen functional groups attached to an aromatic ring is 2. The second-order valence-electron chi connectivity index (χ2n) is 5.30. The summed E-state index contributed by atoms with van der Waals surface area (Å²) in [7, 11) is 1.34. The number of benzene rings is 1. The molecule has 10 heteroatoms. The number of nitrogens with one attached hydrogen (secondary N) is 2. The van der Waals surface area contributed by atoms with Crippen LogP contribution in [0.1, 0.15) is 22.7 Å². The van der Waals surface area contributed by atoms with Gasteiger partial charge in [0.2, 0.25) is 5.96 Å². The summed E-state index contributed by atoms with van der Waals surface area (Å²) in [5.41, 5.74) is 13.0. The number of methoxy groups -OCH3 is 1. The van der Waals surface area contributed by atoms with Gasteiger partial charge in [-0.05, 0) is 17.7 Å². The molecule has 0 aliphatic carbocycles. The molecule has 130 valence electrons. The minimum Gasteiger partial charge on any atom is -0.494 e. The number of guanidine groups is 1. The Morgan fingerprint density at radius 3 is 2.77 bits per heavy atom. The van der Waals surface area contributed by atoms with Crippen molar-refractivity contribution in [2.24, 2.45) is 4.99 Å². The van der Waals surface area contributed by atoms with E-state index in [0.29, 0.717) is 11.1 Å². The van der Waals surface area contributed by atoms with Crippen LogP contribution in [0.5, 0.6) is 5.75 Å². The number of pyridine rings is 1. The first kappa shape index (κ1) is 16.8. The molecule has 1 aliphatic rings. The predicted octanol–water partition coefficient (Wildman–Crippen LogP) is 1.21. The number of nitriles is 2. The number of anilines is 3. The van der Waals surface area contributed by atoms with Crippen molar-refractivity contribution in [3.05, 3.63) is 40.7 Å². The van der Waals surface area contributed by atoms with E-state index in [1.54, 1.807) is 6.19 Å². The monoisotopic (exact) mass is 352 g/mol. The molecule has 0 fully saturated rings. The van der Waals surface area contributed by atoms with Crippen molar-refractivity contribution in [1.82, 2.24) is 10.3 Å². The Balaban J connectivity index is 2.25. The van der Waals surface area contributed by atoms with Crippen molar-refractivity contribution >= 4 is 23.3 Å². The first-order valence-electron chi connectivity index (χ1n) is 7.32. The van der Waals surface area contributed by atoms with Crippen molar-refractivity contribution in [3.63, 3.8) is 0 Å². The van der Waals surface area contributed by atoms with E-state index in [0.717, 1.165) is 0 Å². The molecule has 2 heterocycles. The van der Waals surface area contributed by atoms with Gasteiger partial charge in [0.15, 0.2) is 17.8 Å². The van der Waals surface area contributed by atoms with Gasteiger partial charge in [0, 0.05) is 5.56 Å². The van der Waals surface area contributed by atoms with Gasteiger partial charge < -0.3 is 21.5 Å². The largest absolute Gasteiger partial charge is 0.494 e. The lowest BCUT2D eigenvalue weighted by molar-refractivity contribution is 0.385. The third kappa shape index (κ3) is 2.65. The van der Waals surface area contributed by atoms with Crippen LogP contribution in [0, 0.1) is 28.6 Å². The van der Waals surface area contributed by atoms with E-state index in [1.165, 1.54) is 25.3 Å². The van der Waals surface area contributed by atoms with Crippen LogP contribution in [-0.4, -0.2) is 18.1 Å². The van der Waals surface area contributed by atoms with Crippen molar-refractivity contribution in [2.75, 3.05) is 23.9 Å². The number of halogens is 1. The van der Waals surface area contributed by atoms with E-state index in [2.05, 4.69) is 20.6 Å². The maximum atomic E-state index is 13.8. The standard InChI is InChI=1S/C16H13FN8O/c1-26-10-4-7(2-3-9(10)17)13-11-12(20)8(5-18)14(21)24-15(11)25-16(23-13)22-6-19/h2-4,13H,1H3,(H6,20,21,22,23,24,25). The lowest BCUT2D eigenvalue weighted by atomic mass is 9.95. The van der Waals surface area contributed by atoms with E-state index in [9.17, 15) is 9.65 Å². The summed E-state index contributed by atoms with van der Waals surface area (Å²) >= 11 is 0. The van der Waals surface area contributed by atoms with Gasteiger partial charge in [-0.2, -0.15) is 10.5 Å². The van der Waals surface area contributed by atoms with Crippen LogP contribution in [0.4, 0.5) is 21.7 Å². The van der Waals surface area contributed by atoms with Gasteiger partial charge in [-0.3, -0.25) is 5.32 Å². The van der Waals surface area contributed by atoms with Crippen LogP contribution < -0.4 is 26.8 Å². The Bertz CT molecular complexity index is 1000. The highest BCUT2D eigenvalue weighted by molar-refractivity contribution is 5.98. The van der Waals surface area contributed by atoms with Crippen molar-refractivity contribution in [2.45, 2.75) is 6.04 Å². The normalized spacial score (nSPS) is 14.9. The predicted molar refractivity (Wildman–Crippen MR) is 92.4 cm³/mol. The zero-order valence-corrected chi connectivity index (χ0v) is 13.5. The van der Waals surface area contributed by atoms with Crippen LogP contribution in [0.25, 0.3) is 0 Å². The third-order valence-electron chi connectivity index (χ3n) is 3.85. The number of nitrogens with two attached hydrogens (primary N) is 2. The van der Waals surface area contributed by atoms with Gasteiger partial charge in [0.05, 0.1) is 12.8 Å². The number of aromatic nitrogens is 1. The topological polar surface area (TPSA) is 158 Å². The molecule has 3 rings (SSSR count). The van der Waals surface area contributed by atoms with Crippen LogP contribution >= 0.6 is 0 Å². The van der Waals surface area contributed by atoms with Crippen LogP contribution in [0.2, 0.25) is 0 Å². The summed E-state index contributed by atoms with van der Waals surface area (Å²) in [6.45, 7) is 0. The van der Waals surface area contributed by atoms with Crippen LogP contribution in [0.3, 0.4) is 0 Å². The zero-order chi connectivity index (χ0) is 18.8. The minimum absolute atomic E-state index is 0.0232. The van der Waals surface area contributed by atoms with E-state index in [4.69, 9.17) is 21.5 Å². The fraction of sp³-hybridized carbons (Fsp3) is 0.125. The van der Waals surface area contributed by atoms with Gasteiger partial charge in [0.1, 0.15) is 29.3 Å². The molecule has 26 heavy (non-hydrogen) atoms. The molecule has 1 aromatic heterocycles. The molecular weight excluding hydrogens is 339 g/mol. The quantitative estimate of drug-likeness (QED) is 0.463. The maximum absolute atomic E-state index is 13.8.